The lowest BCUT2D eigenvalue weighted by Gasteiger charge is -2.10. The van der Waals surface area contributed by atoms with E-state index in [-0.39, 0.29) is 18.2 Å². The predicted octanol–water partition coefficient (Wildman–Crippen LogP) is 5.49. The minimum absolute atomic E-state index is 0.00242. The van der Waals surface area contributed by atoms with Crippen molar-refractivity contribution in [2.75, 3.05) is 12.4 Å². The highest BCUT2D eigenvalue weighted by Crippen LogP contribution is 2.36. The molecule has 0 saturated heterocycles. The number of carbonyl (C=O) groups is 2. The SMILES string of the molecule is COc1cc2c(cc1NC(=O)C/C(C)=N/NC(=O)c1ccccc1Br)oc1ccccc12. The van der Waals surface area contributed by atoms with Crippen molar-refractivity contribution in [3.05, 3.63) is 70.7 Å². The van der Waals surface area contributed by atoms with Gasteiger partial charge in [-0.3, -0.25) is 9.59 Å². The Morgan fingerprint density at radius 1 is 1.03 bits per heavy atom. The van der Waals surface area contributed by atoms with E-state index in [4.69, 9.17) is 9.15 Å². The number of hydrogen-bond acceptors (Lipinski definition) is 5. The fourth-order valence-corrected chi connectivity index (χ4v) is 3.80. The van der Waals surface area contributed by atoms with Gasteiger partial charge in [0.15, 0.2) is 0 Å². The number of benzene rings is 3. The fraction of sp³-hybridized carbons (Fsp3) is 0.125. The summed E-state index contributed by atoms with van der Waals surface area (Å²) in [6.45, 7) is 1.67. The molecule has 4 rings (SSSR count). The lowest BCUT2D eigenvalue weighted by atomic mass is 10.1. The summed E-state index contributed by atoms with van der Waals surface area (Å²) < 4.78 is 12.0. The van der Waals surface area contributed by atoms with Gasteiger partial charge in [0.25, 0.3) is 5.91 Å². The molecule has 7 nitrogen and oxygen atoms in total. The Kier molecular flexibility index (Phi) is 6.23. The van der Waals surface area contributed by atoms with Crippen molar-refractivity contribution in [3.63, 3.8) is 0 Å². The maximum absolute atomic E-state index is 12.6. The molecule has 0 fully saturated rings. The molecule has 1 heterocycles. The van der Waals surface area contributed by atoms with Crippen LogP contribution >= 0.6 is 15.9 Å². The van der Waals surface area contributed by atoms with Crippen LogP contribution in [-0.2, 0) is 4.79 Å². The normalized spacial score (nSPS) is 11.5. The first-order chi connectivity index (χ1) is 15.5. The summed E-state index contributed by atoms with van der Waals surface area (Å²) in [5.74, 6) is -0.140. The highest BCUT2D eigenvalue weighted by molar-refractivity contribution is 9.10. The van der Waals surface area contributed by atoms with Crippen molar-refractivity contribution < 1.29 is 18.7 Å². The summed E-state index contributed by atoms with van der Waals surface area (Å²) in [7, 11) is 1.54. The van der Waals surface area contributed by atoms with Crippen molar-refractivity contribution in [1.82, 2.24) is 5.43 Å². The van der Waals surface area contributed by atoms with E-state index in [0.717, 1.165) is 16.4 Å². The number of anilines is 1. The van der Waals surface area contributed by atoms with Crippen molar-refractivity contribution >= 4 is 61.1 Å². The monoisotopic (exact) mass is 493 g/mol. The zero-order valence-electron chi connectivity index (χ0n) is 17.4. The van der Waals surface area contributed by atoms with Crippen LogP contribution in [0.25, 0.3) is 21.9 Å². The molecule has 2 N–H and O–H groups in total. The zero-order valence-corrected chi connectivity index (χ0v) is 19.0. The van der Waals surface area contributed by atoms with Crippen LogP contribution in [0.1, 0.15) is 23.7 Å². The Bertz CT molecular complexity index is 1360. The van der Waals surface area contributed by atoms with Gasteiger partial charge in [-0.15, -0.1) is 0 Å². The van der Waals surface area contributed by atoms with Gasteiger partial charge < -0.3 is 14.5 Å². The summed E-state index contributed by atoms with van der Waals surface area (Å²) in [6, 6.07) is 18.3. The van der Waals surface area contributed by atoms with Crippen molar-refractivity contribution in [1.29, 1.82) is 0 Å². The van der Waals surface area contributed by atoms with Gasteiger partial charge in [-0.05, 0) is 47.1 Å². The number of methoxy groups -OCH3 is 1. The number of nitrogens with zero attached hydrogens (tertiary/aromatic N) is 1. The van der Waals surface area contributed by atoms with Gasteiger partial charge in [-0.2, -0.15) is 5.10 Å². The van der Waals surface area contributed by atoms with Crippen LogP contribution in [0, 0.1) is 0 Å². The van der Waals surface area contributed by atoms with Gasteiger partial charge in [-0.25, -0.2) is 5.43 Å². The highest BCUT2D eigenvalue weighted by Gasteiger charge is 2.15. The van der Waals surface area contributed by atoms with Crippen LogP contribution < -0.4 is 15.5 Å². The summed E-state index contributed by atoms with van der Waals surface area (Å²) in [4.78, 5) is 24.8. The molecule has 0 bridgehead atoms. The molecule has 8 heteroatoms. The fourth-order valence-electron chi connectivity index (χ4n) is 3.34. The summed E-state index contributed by atoms with van der Waals surface area (Å²) in [5, 5.41) is 8.74. The van der Waals surface area contributed by atoms with Crippen LogP contribution in [0.4, 0.5) is 5.69 Å². The van der Waals surface area contributed by atoms with Crippen LogP contribution in [0.5, 0.6) is 5.75 Å². The van der Waals surface area contributed by atoms with Crippen LogP contribution in [0.3, 0.4) is 0 Å². The van der Waals surface area contributed by atoms with E-state index in [9.17, 15) is 9.59 Å². The summed E-state index contributed by atoms with van der Waals surface area (Å²) in [5.41, 5.74) is 5.28. The molecule has 4 aromatic rings. The van der Waals surface area contributed by atoms with Crippen molar-refractivity contribution in [2.45, 2.75) is 13.3 Å². The second kappa shape index (κ2) is 9.23. The minimum atomic E-state index is -0.366. The van der Waals surface area contributed by atoms with E-state index in [0.29, 0.717) is 32.8 Å². The van der Waals surface area contributed by atoms with Gasteiger partial charge in [-0.1, -0.05) is 30.3 Å². The van der Waals surface area contributed by atoms with Gasteiger partial charge >= 0.3 is 0 Å². The molecular weight excluding hydrogens is 474 g/mol. The average molecular weight is 494 g/mol. The van der Waals surface area contributed by atoms with Gasteiger partial charge in [0, 0.05) is 27.0 Å². The number of nitrogens with one attached hydrogen (secondary N) is 2. The molecule has 1 aromatic heterocycles. The predicted molar refractivity (Wildman–Crippen MR) is 128 cm³/mol. The highest BCUT2D eigenvalue weighted by atomic mass is 79.9. The number of ether oxygens (including phenoxy) is 1. The van der Waals surface area contributed by atoms with Crippen LogP contribution in [-0.4, -0.2) is 24.6 Å². The van der Waals surface area contributed by atoms with E-state index in [1.165, 1.54) is 0 Å². The Morgan fingerprint density at radius 3 is 2.56 bits per heavy atom. The maximum atomic E-state index is 12.6. The standard InChI is InChI=1S/C24H20BrN3O4/c1-14(27-28-24(30)16-8-3-5-9-18(16)25)11-23(29)26-19-13-21-17(12-22(19)31-2)15-7-4-6-10-20(15)32-21/h3-10,12-13H,11H2,1-2H3,(H,26,29)(H,28,30)/b27-14+. The lowest BCUT2D eigenvalue weighted by molar-refractivity contribution is -0.115. The Morgan fingerprint density at radius 2 is 1.78 bits per heavy atom. The quantitative estimate of drug-likeness (QED) is 0.274. The third-order valence-corrected chi connectivity index (χ3v) is 5.55. The third kappa shape index (κ3) is 4.50. The molecule has 0 aliphatic rings. The molecule has 0 unspecified atom stereocenters. The van der Waals surface area contributed by atoms with Crippen LogP contribution in [0.15, 0.2) is 74.7 Å². The first-order valence-electron chi connectivity index (χ1n) is 9.83. The number of furan rings is 1. The largest absolute Gasteiger partial charge is 0.495 e. The third-order valence-electron chi connectivity index (χ3n) is 4.86. The molecule has 0 atom stereocenters. The number of rotatable bonds is 6. The van der Waals surface area contributed by atoms with Gasteiger partial charge in [0.2, 0.25) is 5.91 Å². The zero-order chi connectivity index (χ0) is 22.7. The smallest absolute Gasteiger partial charge is 0.272 e. The molecule has 0 spiro atoms. The lowest BCUT2D eigenvalue weighted by Crippen LogP contribution is -2.22. The second-order valence-electron chi connectivity index (χ2n) is 7.14. The molecule has 0 saturated carbocycles. The first-order valence-corrected chi connectivity index (χ1v) is 10.6. The van der Waals surface area contributed by atoms with Crippen molar-refractivity contribution in [2.24, 2.45) is 5.10 Å². The Balaban J connectivity index is 1.47. The van der Waals surface area contributed by atoms with E-state index < -0.39 is 0 Å². The second-order valence-corrected chi connectivity index (χ2v) is 7.99. The Hall–Kier alpha value is -3.65. The molecule has 2 amide bonds. The minimum Gasteiger partial charge on any atom is -0.495 e. The first kappa shape index (κ1) is 21.6. The van der Waals surface area contributed by atoms with E-state index in [2.05, 4.69) is 31.8 Å². The molecule has 3 aromatic carbocycles. The molecule has 162 valence electrons. The molecule has 0 aliphatic heterocycles. The topological polar surface area (TPSA) is 92.9 Å². The molecule has 0 aliphatic carbocycles. The molecule has 32 heavy (non-hydrogen) atoms. The van der Waals surface area contributed by atoms with Gasteiger partial charge in [0.05, 0.1) is 24.8 Å². The number of halogens is 1. The van der Waals surface area contributed by atoms with E-state index in [1.807, 2.05) is 36.4 Å². The van der Waals surface area contributed by atoms with E-state index >= 15 is 0 Å². The summed E-state index contributed by atoms with van der Waals surface area (Å²) in [6.07, 6.45) is -0.00242. The average Bonchev–Trinajstić information content (AvgIpc) is 3.14. The number of carbonyl (C=O) groups excluding carboxylic acids is 2. The van der Waals surface area contributed by atoms with Crippen LogP contribution in [0.2, 0.25) is 0 Å². The molecule has 0 radical (unpaired) electrons. The number of para-hydroxylation sites is 1. The Labute approximate surface area is 192 Å². The number of hydrogen-bond donors (Lipinski definition) is 2. The number of fused-ring (bicyclic) bond motifs is 3. The number of hydrazone groups is 1. The summed E-state index contributed by atoms with van der Waals surface area (Å²) >= 11 is 3.33. The van der Waals surface area contributed by atoms with E-state index in [1.54, 1.807) is 38.3 Å². The molecular formula is C24H20BrN3O4. The van der Waals surface area contributed by atoms with Crippen molar-refractivity contribution in [3.8, 4) is 5.75 Å². The maximum Gasteiger partial charge on any atom is 0.272 e. The van der Waals surface area contributed by atoms with Gasteiger partial charge in [0.1, 0.15) is 16.9 Å². The number of amides is 2.